The van der Waals surface area contributed by atoms with Crippen LogP contribution in [-0.2, 0) is 0 Å². The molecule has 3 rings (SSSR count). The van der Waals surface area contributed by atoms with Crippen LogP contribution >= 0.6 is 0 Å². The molecule has 1 saturated carbocycles. The Labute approximate surface area is 123 Å². The number of anilines is 1. The molecule has 2 fully saturated rings. The van der Waals surface area contributed by atoms with Crippen LogP contribution in [0.4, 0.5) is 5.69 Å². The van der Waals surface area contributed by atoms with E-state index in [4.69, 9.17) is 0 Å². The minimum absolute atomic E-state index is 0.393. The molecule has 1 aromatic carbocycles. The third-order valence-electron chi connectivity index (χ3n) is 5.09. The summed E-state index contributed by atoms with van der Waals surface area (Å²) in [6.45, 7) is 8.02. The zero-order chi connectivity index (χ0) is 14.0. The molecule has 1 heterocycles. The minimum Gasteiger partial charge on any atom is -0.368 e. The van der Waals surface area contributed by atoms with Gasteiger partial charge in [0, 0.05) is 30.9 Å². The molecule has 0 amide bonds. The van der Waals surface area contributed by atoms with E-state index in [9.17, 15) is 0 Å². The molecule has 0 bridgehead atoms. The van der Waals surface area contributed by atoms with Gasteiger partial charge in [-0.25, -0.2) is 0 Å². The van der Waals surface area contributed by atoms with Gasteiger partial charge in [-0.1, -0.05) is 45.2 Å². The Bertz CT molecular complexity index is 441. The monoisotopic (exact) mass is 272 g/mol. The van der Waals surface area contributed by atoms with Gasteiger partial charge in [-0.3, -0.25) is 0 Å². The Hall–Kier alpha value is -1.02. The summed E-state index contributed by atoms with van der Waals surface area (Å²) in [4.78, 5) is 2.60. The Morgan fingerprint density at radius 3 is 2.70 bits per heavy atom. The van der Waals surface area contributed by atoms with Gasteiger partial charge in [0.1, 0.15) is 0 Å². The molecule has 1 saturated heterocycles. The first-order valence-corrected chi connectivity index (χ1v) is 8.29. The third-order valence-corrected chi connectivity index (χ3v) is 5.09. The summed E-state index contributed by atoms with van der Waals surface area (Å²) in [6, 6.07) is 9.16. The highest BCUT2D eigenvalue weighted by molar-refractivity contribution is 5.50. The summed E-state index contributed by atoms with van der Waals surface area (Å²) >= 11 is 0. The van der Waals surface area contributed by atoms with Crippen LogP contribution in [0, 0.1) is 0 Å². The molecule has 0 unspecified atom stereocenters. The van der Waals surface area contributed by atoms with E-state index in [0.29, 0.717) is 11.5 Å². The molecule has 2 nitrogen and oxygen atoms in total. The van der Waals surface area contributed by atoms with Crippen molar-refractivity contribution < 1.29 is 0 Å². The summed E-state index contributed by atoms with van der Waals surface area (Å²) < 4.78 is 0. The fraction of sp³-hybridized carbons (Fsp3) is 0.667. The zero-order valence-corrected chi connectivity index (χ0v) is 13.0. The molecule has 1 aromatic rings. The molecule has 2 aliphatic rings. The zero-order valence-electron chi connectivity index (χ0n) is 13.0. The van der Waals surface area contributed by atoms with Crippen molar-refractivity contribution in [2.75, 3.05) is 24.5 Å². The van der Waals surface area contributed by atoms with Crippen molar-refractivity contribution in [2.24, 2.45) is 0 Å². The summed E-state index contributed by atoms with van der Waals surface area (Å²) in [5, 5.41) is 3.83. The van der Waals surface area contributed by atoms with Crippen LogP contribution in [0.5, 0.6) is 0 Å². The van der Waals surface area contributed by atoms with Crippen molar-refractivity contribution in [3.63, 3.8) is 0 Å². The molecule has 0 atom stereocenters. The molecular formula is C18H28N2. The first-order valence-electron chi connectivity index (χ1n) is 8.29. The lowest BCUT2D eigenvalue weighted by Crippen LogP contribution is -2.61. The maximum atomic E-state index is 3.83. The average Bonchev–Trinajstić information content (AvgIpc) is 2.48. The van der Waals surface area contributed by atoms with Crippen LogP contribution in [0.2, 0.25) is 0 Å². The molecule has 2 heteroatoms. The quantitative estimate of drug-likeness (QED) is 0.877. The summed E-state index contributed by atoms with van der Waals surface area (Å²) in [5.41, 5.74) is 3.27. The normalized spacial score (nSPS) is 22.4. The second-order valence-corrected chi connectivity index (χ2v) is 6.94. The van der Waals surface area contributed by atoms with E-state index < -0.39 is 0 Å². The molecular weight excluding hydrogens is 244 g/mol. The van der Waals surface area contributed by atoms with Crippen LogP contribution in [-0.4, -0.2) is 25.2 Å². The van der Waals surface area contributed by atoms with Crippen LogP contribution in [0.25, 0.3) is 0 Å². The van der Waals surface area contributed by atoms with E-state index >= 15 is 0 Å². The van der Waals surface area contributed by atoms with Gasteiger partial charge in [0.2, 0.25) is 0 Å². The van der Waals surface area contributed by atoms with Gasteiger partial charge in [0.05, 0.1) is 0 Å². The van der Waals surface area contributed by atoms with Crippen molar-refractivity contribution in [1.29, 1.82) is 0 Å². The van der Waals surface area contributed by atoms with E-state index in [1.54, 1.807) is 0 Å². The minimum atomic E-state index is 0.393. The van der Waals surface area contributed by atoms with Gasteiger partial charge >= 0.3 is 0 Å². The average molecular weight is 272 g/mol. The second kappa shape index (κ2) is 5.77. The fourth-order valence-electron chi connectivity index (χ4n) is 3.82. The maximum Gasteiger partial charge on any atom is 0.0370 e. The van der Waals surface area contributed by atoms with Crippen molar-refractivity contribution >= 4 is 5.69 Å². The van der Waals surface area contributed by atoms with Crippen molar-refractivity contribution in [2.45, 2.75) is 57.4 Å². The number of nitrogens with one attached hydrogen (secondary N) is 1. The summed E-state index contributed by atoms with van der Waals surface area (Å²) in [6.07, 6.45) is 6.92. The largest absolute Gasteiger partial charge is 0.368 e. The van der Waals surface area contributed by atoms with Gasteiger partial charge < -0.3 is 10.2 Å². The van der Waals surface area contributed by atoms with Crippen LogP contribution in [0.1, 0.15) is 57.4 Å². The number of hydrogen-bond acceptors (Lipinski definition) is 2. The van der Waals surface area contributed by atoms with Crippen molar-refractivity contribution in [1.82, 2.24) is 5.32 Å². The Balaban J connectivity index is 1.78. The molecule has 110 valence electrons. The van der Waals surface area contributed by atoms with Crippen LogP contribution in [0.15, 0.2) is 24.3 Å². The van der Waals surface area contributed by atoms with Crippen LogP contribution < -0.4 is 10.2 Å². The standard InChI is InChI=1S/C18H28N2/c1-15(2)16-7-6-8-17(13-16)20-12-11-19-18(14-20)9-4-3-5-10-18/h6-8,13,15,19H,3-5,9-12,14H2,1-2H3. The van der Waals surface area contributed by atoms with Gasteiger partial charge in [0.25, 0.3) is 0 Å². The molecule has 1 aliphatic carbocycles. The number of benzene rings is 1. The highest BCUT2D eigenvalue weighted by Gasteiger charge is 2.36. The maximum absolute atomic E-state index is 3.83. The van der Waals surface area contributed by atoms with E-state index in [1.165, 1.54) is 49.9 Å². The molecule has 1 N–H and O–H groups in total. The number of hydrogen-bond donors (Lipinski definition) is 1. The SMILES string of the molecule is CC(C)c1cccc(N2CCNC3(CCCCC3)C2)c1. The lowest BCUT2D eigenvalue weighted by molar-refractivity contribution is 0.216. The topological polar surface area (TPSA) is 15.3 Å². The van der Waals surface area contributed by atoms with Crippen molar-refractivity contribution in [3.8, 4) is 0 Å². The van der Waals surface area contributed by atoms with E-state index in [-0.39, 0.29) is 0 Å². The molecule has 0 radical (unpaired) electrons. The van der Waals surface area contributed by atoms with Crippen LogP contribution in [0.3, 0.4) is 0 Å². The third kappa shape index (κ3) is 2.85. The first kappa shape index (κ1) is 13.9. The van der Waals surface area contributed by atoms with E-state index in [1.807, 2.05) is 0 Å². The molecule has 1 aliphatic heterocycles. The Morgan fingerprint density at radius 2 is 1.95 bits per heavy atom. The predicted octanol–water partition coefficient (Wildman–Crippen LogP) is 3.92. The lowest BCUT2D eigenvalue weighted by atomic mass is 9.80. The fourth-order valence-corrected chi connectivity index (χ4v) is 3.82. The summed E-state index contributed by atoms with van der Waals surface area (Å²) in [7, 11) is 0. The predicted molar refractivity (Wildman–Crippen MR) is 86.6 cm³/mol. The van der Waals surface area contributed by atoms with E-state index in [2.05, 4.69) is 48.3 Å². The van der Waals surface area contributed by atoms with Gasteiger partial charge in [-0.2, -0.15) is 0 Å². The highest BCUT2D eigenvalue weighted by Crippen LogP contribution is 2.32. The second-order valence-electron chi connectivity index (χ2n) is 6.94. The highest BCUT2D eigenvalue weighted by atomic mass is 15.2. The van der Waals surface area contributed by atoms with Gasteiger partial charge in [0.15, 0.2) is 0 Å². The molecule has 20 heavy (non-hydrogen) atoms. The first-order chi connectivity index (χ1) is 9.69. The Morgan fingerprint density at radius 1 is 1.15 bits per heavy atom. The van der Waals surface area contributed by atoms with Crippen molar-refractivity contribution in [3.05, 3.63) is 29.8 Å². The van der Waals surface area contributed by atoms with Gasteiger partial charge in [-0.05, 0) is 36.5 Å². The Kier molecular flexibility index (Phi) is 4.02. The molecule has 1 spiro atoms. The number of rotatable bonds is 2. The number of piperazine rings is 1. The molecule has 0 aromatic heterocycles. The smallest absolute Gasteiger partial charge is 0.0370 e. The van der Waals surface area contributed by atoms with Gasteiger partial charge in [-0.15, -0.1) is 0 Å². The number of nitrogens with zero attached hydrogens (tertiary/aromatic N) is 1. The van der Waals surface area contributed by atoms with E-state index in [0.717, 1.165) is 13.1 Å². The summed E-state index contributed by atoms with van der Waals surface area (Å²) in [5.74, 6) is 0.613. The lowest BCUT2D eigenvalue weighted by Gasteiger charge is -2.47.